The molecular formula is C17H25BClN3O. The number of nitrogen functional groups attached to an aromatic ring is 1. The standard InChI is InChI=1S/C17H25BClN3O/c18-17(23)22-9-5-13(6-10-22)12-3-7-21(8-4-12)14-1-2-16(20)15(19)11-14/h1-2,11-13,18,23H,3-10,20H2. The molecule has 0 unspecified atom stereocenters. The molecular weight excluding hydrogens is 308 g/mol. The zero-order chi connectivity index (χ0) is 16.4. The van der Waals surface area contributed by atoms with Gasteiger partial charge in [0.1, 0.15) is 0 Å². The van der Waals surface area contributed by atoms with Crippen molar-refractivity contribution in [2.24, 2.45) is 11.8 Å². The maximum atomic E-state index is 9.48. The van der Waals surface area contributed by atoms with Crippen molar-refractivity contribution in [1.29, 1.82) is 0 Å². The molecule has 3 N–H and O–H groups in total. The number of nitrogens with zero attached hydrogens (tertiary/aromatic N) is 2. The van der Waals surface area contributed by atoms with Crippen molar-refractivity contribution >= 4 is 36.2 Å². The van der Waals surface area contributed by atoms with Crippen LogP contribution in [0.3, 0.4) is 0 Å². The summed E-state index contributed by atoms with van der Waals surface area (Å²) in [6, 6.07) is 5.93. The van der Waals surface area contributed by atoms with Gasteiger partial charge in [-0.2, -0.15) is 0 Å². The van der Waals surface area contributed by atoms with E-state index in [1.54, 1.807) is 0 Å². The Kier molecular flexibility index (Phi) is 5.05. The van der Waals surface area contributed by atoms with Crippen LogP contribution in [0.2, 0.25) is 5.02 Å². The normalized spacial score (nSPS) is 20.7. The third-order valence-corrected chi connectivity index (χ3v) is 5.79. The topological polar surface area (TPSA) is 52.7 Å². The number of nitrogens with two attached hydrogens (primary N) is 1. The molecule has 2 fully saturated rings. The molecule has 1 aromatic carbocycles. The summed E-state index contributed by atoms with van der Waals surface area (Å²) >= 11 is 6.14. The fraction of sp³-hybridized carbons (Fsp3) is 0.588. The van der Waals surface area contributed by atoms with E-state index in [-0.39, 0.29) is 5.77 Å². The van der Waals surface area contributed by atoms with E-state index in [0.29, 0.717) is 10.7 Å². The molecule has 0 amide bonds. The Morgan fingerprint density at radius 2 is 1.65 bits per heavy atom. The quantitative estimate of drug-likeness (QED) is 0.658. The molecule has 1 aromatic rings. The van der Waals surface area contributed by atoms with Crippen LogP contribution in [0.15, 0.2) is 18.2 Å². The Bertz CT molecular complexity index is 567. The van der Waals surface area contributed by atoms with Crippen molar-refractivity contribution in [2.45, 2.75) is 25.7 Å². The van der Waals surface area contributed by atoms with Gasteiger partial charge in [-0.25, -0.2) is 0 Å². The van der Waals surface area contributed by atoms with Gasteiger partial charge in [-0.05, 0) is 0 Å². The van der Waals surface area contributed by atoms with Crippen molar-refractivity contribution in [3.05, 3.63) is 23.2 Å². The average molecular weight is 334 g/mol. The summed E-state index contributed by atoms with van der Waals surface area (Å²) in [6.45, 7) is 4.04. The van der Waals surface area contributed by atoms with Crippen molar-refractivity contribution in [1.82, 2.24) is 4.90 Å². The number of rotatable bonds is 3. The molecule has 0 spiro atoms. The second kappa shape index (κ2) is 7.04. The molecule has 2 aliphatic rings. The van der Waals surface area contributed by atoms with Gasteiger partial charge in [-0.15, -0.1) is 0 Å². The molecule has 23 heavy (non-hydrogen) atoms. The molecule has 0 saturated carbocycles. The van der Waals surface area contributed by atoms with Crippen LogP contribution in [0.25, 0.3) is 0 Å². The van der Waals surface area contributed by atoms with Gasteiger partial charge in [0, 0.05) is 0 Å². The Hall–Kier alpha value is -1.36. The van der Waals surface area contributed by atoms with E-state index in [1.165, 1.54) is 18.5 Å². The van der Waals surface area contributed by atoms with Gasteiger partial charge in [-0.3, -0.25) is 0 Å². The van der Waals surface area contributed by atoms with Crippen molar-refractivity contribution in [2.75, 3.05) is 36.8 Å². The van der Waals surface area contributed by atoms with Crippen molar-refractivity contribution in [3.8, 4) is 0 Å². The van der Waals surface area contributed by atoms with Crippen LogP contribution < -0.4 is 10.6 Å². The zero-order valence-corrected chi connectivity index (χ0v) is 14.3. The van der Waals surface area contributed by atoms with E-state index in [4.69, 9.17) is 17.3 Å². The van der Waals surface area contributed by atoms with E-state index in [1.807, 2.05) is 17.0 Å². The number of aliphatic hydroxyl groups is 1. The zero-order valence-electron chi connectivity index (χ0n) is 13.5. The second-order valence-electron chi connectivity index (χ2n) is 6.77. The van der Waals surface area contributed by atoms with Gasteiger partial charge in [0.05, 0.1) is 5.69 Å². The van der Waals surface area contributed by atoms with Crippen LogP contribution in [-0.4, -0.2) is 49.4 Å². The van der Waals surface area contributed by atoms with E-state index in [9.17, 15) is 5.11 Å². The van der Waals surface area contributed by atoms with Gasteiger partial charge in [-0.1, -0.05) is 11.6 Å². The van der Waals surface area contributed by atoms with Crippen LogP contribution in [0.5, 0.6) is 0 Å². The average Bonchev–Trinajstić information content (AvgIpc) is 2.57. The first kappa shape index (κ1) is 16.5. The van der Waals surface area contributed by atoms with Crippen molar-refractivity contribution in [3.63, 3.8) is 0 Å². The molecule has 6 heteroatoms. The van der Waals surface area contributed by atoms with E-state index >= 15 is 0 Å². The first-order valence-electron chi connectivity index (χ1n) is 8.47. The minimum absolute atomic E-state index is 0.221. The summed E-state index contributed by atoms with van der Waals surface area (Å²) < 4.78 is 0. The second-order valence-corrected chi connectivity index (χ2v) is 7.18. The number of likely N-dealkylation sites (tertiary alicyclic amines) is 1. The minimum atomic E-state index is 0.221. The molecule has 2 aliphatic heterocycles. The van der Waals surface area contributed by atoms with Gasteiger partial charge in [0.25, 0.3) is 0 Å². The van der Waals surface area contributed by atoms with Gasteiger partial charge in [0.15, 0.2) is 0 Å². The molecule has 0 atom stereocenters. The van der Waals surface area contributed by atoms with Crippen LogP contribution in [0.4, 0.5) is 11.4 Å². The predicted octanol–water partition coefficient (Wildman–Crippen LogP) is 2.21. The van der Waals surface area contributed by atoms with Crippen LogP contribution in [0, 0.1) is 11.8 Å². The van der Waals surface area contributed by atoms with Gasteiger partial charge >= 0.3 is 121 Å². The summed E-state index contributed by atoms with van der Waals surface area (Å²) in [7, 11) is 3.63. The summed E-state index contributed by atoms with van der Waals surface area (Å²) in [5.41, 5.74) is 7.61. The number of aliphatic hydroxyl groups excluding tert-OH is 1. The first-order valence-corrected chi connectivity index (χ1v) is 8.85. The summed E-state index contributed by atoms with van der Waals surface area (Å²) in [5, 5.41) is 10.1. The molecule has 124 valence electrons. The Labute approximate surface area is 144 Å². The number of halogens is 1. The SMILES string of the molecule is B=C(O)N1CCC(C2CCN(c3ccc(N)c(Cl)c3)CC2)CC1. The maximum absolute atomic E-state index is 9.48. The van der Waals surface area contributed by atoms with E-state index in [0.717, 1.165) is 50.9 Å². The fourth-order valence-electron chi connectivity index (χ4n) is 3.97. The Balaban J connectivity index is 1.52. The van der Waals surface area contributed by atoms with Crippen LogP contribution in [0.1, 0.15) is 25.7 Å². The van der Waals surface area contributed by atoms with E-state index < -0.39 is 0 Å². The summed E-state index contributed by atoms with van der Waals surface area (Å²) in [6.07, 6.45) is 4.79. The van der Waals surface area contributed by atoms with Crippen LogP contribution >= 0.6 is 11.6 Å². The summed E-state index contributed by atoms with van der Waals surface area (Å²) in [5.74, 6) is 1.80. The van der Waals surface area contributed by atoms with Gasteiger partial charge < -0.3 is 5.73 Å². The molecule has 0 aromatic heterocycles. The molecule has 2 heterocycles. The molecule has 0 bridgehead atoms. The number of anilines is 2. The number of hydrogen-bond donors (Lipinski definition) is 2. The first-order chi connectivity index (χ1) is 11.0. The summed E-state index contributed by atoms with van der Waals surface area (Å²) in [4.78, 5) is 4.40. The number of benzene rings is 1. The van der Waals surface area contributed by atoms with Crippen molar-refractivity contribution < 1.29 is 5.11 Å². The van der Waals surface area contributed by atoms with Gasteiger partial charge in [0.2, 0.25) is 0 Å². The Morgan fingerprint density at radius 1 is 1.09 bits per heavy atom. The third kappa shape index (κ3) is 3.77. The molecule has 3 rings (SSSR count). The number of hydrogen-bond acceptors (Lipinski definition) is 4. The Morgan fingerprint density at radius 3 is 2.17 bits per heavy atom. The predicted molar refractivity (Wildman–Crippen MR) is 99.2 cm³/mol. The molecule has 4 nitrogen and oxygen atoms in total. The molecule has 0 aliphatic carbocycles. The number of piperidine rings is 2. The molecule has 0 radical (unpaired) electrons. The fourth-order valence-corrected chi connectivity index (χ4v) is 4.15. The van der Waals surface area contributed by atoms with E-state index in [2.05, 4.69) is 18.5 Å². The monoisotopic (exact) mass is 333 g/mol. The third-order valence-electron chi connectivity index (χ3n) is 5.46. The van der Waals surface area contributed by atoms with Crippen LogP contribution in [-0.2, 0) is 0 Å². The molecule has 2 saturated heterocycles.